The zero-order valence-corrected chi connectivity index (χ0v) is 9.17. The van der Waals surface area contributed by atoms with E-state index in [0.29, 0.717) is 5.95 Å². The SMILES string of the molecule is CCc1cc(CC)n(-c2nnnn2C)n1. The molecule has 0 fully saturated rings. The van der Waals surface area contributed by atoms with E-state index >= 15 is 0 Å². The largest absolute Gasteiger partial charge is 0.270 e. The smallest absolute Gasteiger partial charge is 0.213 e. The van der Waals surface area contributed by atoms with Crippen molar-refractivity contribution < 1.29 is 0 Å². The number of aromatic nitrogens is 6. The lowest BCUT2D eigenvalue weighted by Crippen LogP contribution is -2.08. The fourth-order valence-electron chi connectivity index (χ4n) is 1.48. The minimum atomic E-state index is 0.659. The second kappa shape index (κ2) is 3.80. The molecule has 0 amide bonds. The minimum absolute atomic E-state index is 0.659. The number of rotatable bonds is 3. The third-order valence-corrected chi connectivity index (χ3v) is 2.35. The van der Waals surface area contributed by atoms with Gasteiger partial charge >= 0.3 is 0 Å². The Morgan fingerprint density at radius 1 is 1.27 bits per heavy atom. The zero-order valence-electron chi connectivity index (χ0n) is 9.17. The third kappa shape index (κ3) is 1.62. The van der Waals surface area contributed by atoms with Gasteiger partial charge in [-0.25, -0.2) is 9.36 Å². The van der Waals surface area contributed by atoms with Crippen LogP contribution in [0.25, 0.3) is 5.95 Å². The molecule has 0 unspecified atom stereocenters. The molecule has 80 valence electrons. The van der Waals surface area contributed by atoms with Gasteiger partial charge in [-0.15, -0.1) is 0 Å². The first-order valence-electron chi connectivity index (χ1n) is 5.06. The predicted octanol–water partition coefficient (Wildman–Crippen LogP) is 0.521. The molecule has 0 saturated heterocycles. The number of nitrogens with zero attached hydrogens (tertiary/aromatic N) is 6. The van der Waals surface area contributed by atoms with Gasteiger partial charge in [-0.1, -0.05) is 18.9 Å². The molecule has 0 radical (unpaired) electrons. The van der Waals surface area contributed by atoms with Crippen molar-refractivity contribution in [3.63, 3.8) is 0 Å². The summed E-state index contributed by atoms with van der Waals surface area (Å²) in [5.74, 6) is 0.659. The van der Waals surface area contributed by atoms with E-state index in [9.17, 15) is 0 Å². The molecule has 0 N–H and O–H groups in total. The molecule has 0 atom stereocenters. The van der Waals surface area contributed by atoms with Crippen LogP contribution in [-0.2, 0) is 19.9 Å². The van der Waals surface area contributed by atoms with Gasteiger partial charge in [0.15, 0.2) is 0 Å². The summed E-state index contributed by atoms with van der Waals surface area (Å²) in [4.78, 5) is 0. The zero-order chi connectivity index (χ0) is 10.8. The predicted molar refractivity (Wildman–Crippen MR) is 54.7 cm³/mol. The minimum Gasteiger partial charge on any atom is -0.213 e. The summed E-state index contributed by atoms with van der Waals surface area (Å²) in [5, 5.41) is 15.8. The normalized spacial score (nSPS) is 10.9. The van der Waals surface area contributed by atoms with E-state index in [1.807, 2.05) is 7.05 Å². The average Bonchev–Trinajstić information content (AvgIpc) is 2.82. The van der Waals surface area contributed by atoms with E-state index in [1.165, 1.54) is 0 Å². The van der Waals surface area contributed by atoms with Gasteiger partial charge in [-0.05, 0) is 29.3 Å². The molecule has 0 aliphatic heterocycles. The van der Waals surface area contributed by atoms with Crippen molar-refractivity contribution in [3.05, 3.63) is 17.5 Å². The van der Waals surface area contributed by atoms with Crippen molar-refractivity contribution in [2.45, 2.75) is 26.7 Å². The number of hydrogen-bond acceptors (Lipinski definition) is 4. The summed E-state index contributed by atoms with van der Waals surface area (Å²) >= 11 is 0. The van der Waals surface area contributed by atoms with Crippen molar-refractivity contribution >= 4 is 0 Å². The molecule has 2 heterocycles. The highest BCUT2D eigenvalue weighted by Gasteiger charge is 2.11. The van der Waals surface area contributed by atoms with Crippen LogP contribution >= 0.6 is 0 Å². The summed E-state index contributed by atoms with van der Waals surface area (Å²) in [5.41, 5.74) is 2.19. The van der Waals surface area contributed by atoms with Crippen LogP contribution in [0, 0.1) is 0 Å². The average molecular weight is 206 g/mol. The van der Waals surface area contributed by atoms with Crippen LogP contribution in [0.1, 0.15) is 25.2 Å². The monoisotopic (exact) mass is 206 g/mol. The Morgan fingerprint density at radius 2 is 2.07 bits per heavy atom. The van der Waals surface area contributed by atoms with E-state index < -0.39 is 0 Å². The van der Waals surface area contributed by atoms with Gasteiger partial charge in [0.05, 0.1) is 5.69 Å². The Morgan fingerprint density at radius 3 is 2.60 bits per heavy atom. The number of tetrazole rings is 1. The molecule has 0 aliphatic rings. The molecule has 0 spiro atoms. The molecule has 0 aliphatic carbocycles. The van der Waals surface area contributed by atoms with E-state index in [4.69, 9.17) is 0 Å². The lowest BCUT2D eigenvalue weighted by Gasteiger charge is -2.01. The molecule has 2 aromatic rings. The summed E-state index contributed by atoms with van der Waals surface area (Å²) in [6.07, 6.45) is 1.84. The lowest BCUT2D eigenvalue weighted by atomic mass is 10.3. The first-order chi connectivity index (χ1) is 7.26. The van der Waals surface area contributed by atoms with Crippen molar-refractivity contribution in [3.8, 4) is 5.95 Å². The second-order valence-corrected chi connectivity index (χ2v) is 3.35. The summed E-state index contributed by atoms with van der Waals surface area (Å²) in [6.45, 7) is 4.18. The van der Waals surface area contributed by atoms with E-state index in [2.05, 4.69) is 40.5 Å². The molecule has 0 saturated carbocycles. The van der Waals surface area contributed by atoms with Gasteiger partial charge in [-0.2, -0.15) is 5.10 Å². The number of aryl methyl sites for hydroxylation is 3. The molecule has 0 aromatic carbocycles. The first-order valence-corrected chi connectivity index (χ1v) is 5.06. The molecule has 2 aromatic heterocycles. The van der Waals surface area contributed by atoms with Crippen LogP contribution in [0.5, 0.6) is 0 Å². The Balaban J connectivity index is 2.51. The fraction of sp³-hybridized carbons (Fsp3) is 0.556. The van der Waals surface area contributed by atoms with Crippen molar-refractivity contribution in [2.24, 2.45) is 7.05 Å². The quantitative estimate of drug-likeness (QED) is 0.734. The van der Waals surface area contributed by atoms with Gasteiger partial charge in [0.2, 0.25) is 0 Å². The van der Waals surface area contributed by atoms with E-state index in [-0.39, 0.29) is 0 Å². The summed E-state index contributed by atoms with van der Waals surface area (Å²) < 4.78 is 3.42. The molecular formula is C9H14N6. The molecule has 6 heteroatoms. The van der Waals surface area contributed by atoms with Crippen molar-refractivity contribution in [1.29, 1.82) is 0 Å². The fourth-order valence-corrected chi connectivity index (χ4v) is 1.48. The molecule has 6 nitrogen and oxygen atoms in total. The molecule has 2 rings (SSSR count). The van der Waals surface area contributed by atoms with E-state index in [1.54, 1.807) is 9.36 Å². The van der Waals surface area contributed by atoms with Crippen LogP contribution in [0.3, 0.4) is 0 Å². The van der Waals surface area contributed by atoms with E-state index in [0.717, 1.165) is 24.2 Å². The van der Waals surface area contributed by atoms with Gasteiger partial charge < -0.3 is 0 Å². The Hall–Kier alpha value is -1.72. The van der Waals surface area contributed by atoms with Crippen LogP contribution in [-0.4, -0.2) is 30.0 Å². The third-order valence-electron chi connectivity index (χ3n) is 2.35. The molecule has 0 bridgehead atoms. The maximum absolute atomic E-state index is 4.46. The first kappa shape index (κ1) is 9.82. The highest BCUT2D eigenvalue weighted by Crippen LogP contribution is 2.10. The maximum Gasteiger partial charge on any atom is 0.270 e. The van der Waals surface area contributed by atoms with Crippen molar-refractivity contribution in [2.75, 3.05) is 0 Å². The van der Waals surface area contributed by atoms with Crippen LogP contribution < -0.4 is 0 Å². The molecular weight excluding hydrogens is 192 g/mol. The standard InChI is InChI=1S/C9H14N6/c1-4-7-6-8(5-2)15(11-7)9-10-12-13-14(9)3/h6H,4-5H2,1-3H3. The van der Waals surface area contributed by atoms with Crippen molar-refractivity contribution in [1.82, 2.24) is 30.0 Å². The topological polar surface area (TPSA) is 61.4 Å². The summed E-state index contributed by atoms with van der Waals surface area (Å²) in [6, 6.07) is 2.09. The van der Waals surface area contributed by atoms with Gasteiger partial charge in [0, 0.05) is 12.7 Å². The Labute approximate surface area is 87.9 Å². The maximum atomic E-state index is 4.46. The number of hydrogen-bond donors (Lipinski definition) is 0. The Kier molecular flexibility index (Phi) is 2.49. The van der Waals surface area contributed by atoms with Gasteiger partial charge in [0.25, 0.3) is 5.95 Å². The van der Waals surface area contributed by atoms with Gasteiger partial charge in [0.1, 0.15) is 0 Å². The van der Waals surface area contributed by atoms with Crippen LogP contribution in [0.15, 0.2) is 6.07 Å². The highest BCUT2D eigenvalue weighted by molar-refractivity contribution is 5.19. The highest BCUT2D eigenvalue weighted by atomic mass is 15.6. The Bertz CT molecular complexity index is 455. The lowest BCUT2D eigenvalue weighted by molar-refractivity contribution is 0.655. The second-order valence-electron chi connectivity index (χ2n) is 3.35. The van der Waals surface area contributed by atoms with Gasteiger partial charge in [-0.3, -0.25) is 0 Å². The summed E-state index contributed by atoms with van der Waals surface area (Å²) in [7, 11) is 1.81. The van der Waals surface area contributed by atoms with Crippen LogP contribution in [0.4, 0.5) is 0 Å². The van der Waals surface area contributed by atoms with Crippen LogP contribution in [0.2, 0.25) is 0 Å². The molecule has 15 heavy (non-hydrogen) atoms.